The lowest BCUT2D eigenvalue weighted by Gasteiger charge is -2.34. The summed E-state index contributed by atoms with van der Waals surface area (Å²) in [6.07, 6.45) is 3.74. The minimum atomic E-state index is -0.335. The first-order valence-corrected chi connectivity index (χ1v) is 9.57. The molecule has 0 spiro atoms. The molecule has 0 bridgehead atoms. The van der Waals surface area contributed by atoms with Gasteiger partial charge in [-0.2, -0.15) is 0 Å². The highest BCUT2D eigenvalue weighted by Crippen LogP contribution is 2.38. The van der Waals surface area contributed by atoms with Gasteiger partial charge in [-0.3, -0.25) is 14.9 Å². The minimum absolute atomic E-state index is 0.0315. The molecule has 0 radical (unpaired) electrons. The second-order valence-electron chi connectivity index (χ2n) is 7.92. The van der Waals surface area contributed by atoms with Gasteiger partial charge in [0.05, 0.1) is 4.92 Å². The average molecular weight is 358 g/mol. The molecule has 7 nitrogen and oxygen atoms in total. The largest absolute Gasteiger partial charge is 0.366 e. The highest BCUT2D eigenvalue weighted by atomic mass is 16.6. The van der Waals surface area contributed by atoms with Crippen molar-refractivity contribution in [2.75, 3.05) is 31.1 Å². The van der Waals surface area contributed by atoms with Crippen molar-refractivity contribution in [3.63, 3.8) is 0 Å². The van der Waals surface area contributed by atoms with Crippen LogP contribution >= 0.6 is 0 Å². The number of para-hydroxylation sites is 2. The number of hydrogen-bond acceptors (Lipinski definition) is 5. The highest BCUT2D eigenvalue weighted by molar-refractivity contribution is 5.79. The molecule has 2 heterocycles. The van der Waals surface area contributed by atoms with Crippen LogP contribution < -0.4 is 10.6 Å². The first kappa shape index (κ1) is 17.3. The van der Waals surface area contributed by atoms with Gasteiger partial charge in [0, 0.05) is 44.2 Å². The van der Waals surface area contributed by atoms with Crippen molar-refractivity contribution in [2.24, 2.45) is 23.5 Å². The Bertz CT molecular complexity index is 702. The molecule has 0 aromatic heterocycles. The molecule has 1 aliphatic carbocycles. The topological polar surface area (TPSA) is 92.7 Å². The molecule has 3 aliphatic rings. The number of carbonyl (C=O) groups is 1. The Balaban J connectivity index is 1.37. The van der Waals surface area contributed by atoms with Gasteiger partial charge in [-0.15, -0.1) is 0 Å². The van der Waals surface area contributed by atoms with Gasteiger partial charge in [0.1, 0.15) is 5.69 Å². The molecule has 3 unspecified atom stereocenters. The number of anilines is 1. The number of nitro groups is 1. The summed E-state index contributed by atoms with van der Waals surface area (Å²) in [6, 6.07) is 7.10. The summed E-state index contributed by atoms with van der Waals surface area (Å²) in [5.74, 6) is 1.35. The molecule has 2 aliphatic heterocycles. The maximum atomic E-state index is 12.9. The van der Waals surface area contributed by atoms with Crippen molar-refractivity contribution < 1.29 is 9.72 Å². The normalized spacial score (nSPS) is 29.0. The summed E-state index contributed by atoms with van der Waals surface area (Å²) in [7, 11) is 0. The van der Waals surface area contributed by atoms with Gasteiger partial charge >= 0.3 is 0 Å². The van der Waals surface area contributed by atoms with Crippen LogP contribution in [0.15, 0.2) is 24.3 Å². The average Bonchev–Trinajstić information content (AvgIpc) is 3.23. The Hall–Kier alpha value is -2.15. The fraction of sp³-hybridized carbons (Fsp3) is 0.632. The third-order valence-electron chi connectivity index (χ3n) is 6.49. The van der Waals surface area contributed by atoms with Crippen LogP contribution in [-0.2, 0) is 4.79 Å². The summed E-state index contributed by atoms with van der Waals surface area (Å²) in [6.45, 7) is 3.04. The van der Waals surface area contributed by atoms with E-state index in [0.29, 0.717) is 30.6 Å². The maximum Gasteiger partial charge on any atom is 0.292 e. The number of nitrogens with two attached hydrogens (primary N) is 1. The number of nitrogens with zero attached hydrogens (tertiary/aromatic N) is 3. The van der Waals surface area contributed by atoms with E-state index < -0.39 is 0 Å². The van der Waals surface area contributed by atoms with E-state index in [-0.39, 0.29) is 28.5 Å². The van der Waals surface area contributed by atoms with Gasteiger partial charge in [-0.25, -0.2) is 0 Å². The van der Waals surface area contributed by atoms with Crippen molar-refractivity contribution in [1.82, 2.24) is 4.90 Å². The Morgan fingerprint density at radius 1 is 1.12 bits per heavy atom. The first-order valence-electron chi connectivity index (χ1n) is 9.57. The monoisotopic (exact) mass is 358 g/mol. The second kappa shape index (κ2) is 6.87. The zero-order valence-electron chi connectivity index (χ0n) is 14.9. The van der Waals surface area contributed by atoms with Crippen LogP contribution in [-0.4, -0.2) is 48.0 Å². The molecule has 7 heteroatoms. The highest BCUT2D eigenvalue weighted by Gasteiger charge is 2.43. The molecule has 1 saturated carbocycles. The van der Waals surface area contributed by atoms with E-state index in [2.05, 4.69) is 0 Å². The van der Waals surface area contributed by atoms with Crippen molar-refractivity contribution in [2.45, 2.75) is 31.7 Å². The Morgan fingerprint density at radius 2 is 1.85 bits per heavy atom. The molecule has 3 atom stereocenters. The molecular formula is C19H26N4O3. The summed E-state index contributed by atoms with van der Waals surface area (Å²) in [5.41, 5.74) is 6.98. The summed E-state index contributed by atoms with van der Waals surface area (Å²) >= 11 is 0. The molecule has 3 fully saturated rings. The van der Waals surface area contributed by atoms with Crippen molar-refractivity contribution >= 4 is 17.3 Å². The Kier molecular flexibility index (Phi) is 4.56. The van der Waals surface area contributed by atoms with E-state index in [1.807, 2.05) is 15.9 Å². The summed E-state index contributed by atoms with van der Waals surface area (Å²) in [4.78, 5) is 27.9. The van der Waals surface area contributed by atoms with E-state index in [1.165, 1.54) is 0 Å². The maximum absolute atomic E-state index is 12.9. The number of rotatable bonds is 3. The minimum Gasteiger partial charge on any atom is -0.366 e. The van der Waals surface area contributed by atoms with Gasteiger partial charge in [0.25, 0.3) is 5.69 Å². The molecular weight excluding hydrogens is 332 g/mol. The zero-order chi connectivity index (χ0) is 18.3. The SMILES string of the molecule is NC1CCC2CN(C(=O)C3CCN(c4ccccc4[N+](=O)[O-])CC3)CC12. The molecule has 1 aromatic rings. The number of benzene rings is 1. The molecule has 26 heavy (non-hydrogen) atoms. The Morgan fingerprint density at radius 3 is 2.54 bits per heavy atom. The number of likely N-dealkylation sites (tertiary alicyclic amines) is 1. The van der Waals surface area contributed by atoms with Crippen molar-refractivity contribution in [3.8, 4) is 0 Å². The summed E-state index contributed by atoms with van der Waals surface area (Å²) < 4.78 is 0. The molecule has 2 N–H and O–H groups in total. The Labute approximate surface area is 153 Å². The van der Waals surface area contributed by atoms with Crippen LogP contribution in [0.25, 0.3) is 0 Å². The van der Waals surface area contributed by atoms with E-state index >= 15 is 0 Å². The van der Waals surface area contributed by atoms with Crippen molar-refractivity contribution in [3.05, 3.63) is 34.4 Å². The number of hydrogen-bond donors (Lipinski definition) is 1. The van der Waals surface area contributed by atoms with Crippen LogP contribution in [0.4, 0.5) is 11.4 Å². The molecule has 1 amide bonds. The fourth-order valence-electron chi connectivity index (χ4n) is 5.00. The van der Waals surface area contributed by atoms with Crippen LogP contribution in [0.5, 0.6) is 0 Å². The fourth-order valence-corrected chi connectivity index (χ4v) is 5.00. The van der Waals surface area contributed by atoms with Crippen molar-refractivity contribution in [1.29, 1.82) is 0 Å². The van der Waals surface area contributed by atoms with Gasteiger partial charge in [-0.05, 0) is 43.6 Å². The predicted octanol–water partition coefficient (Wildman–Crippen LogP) is 2.01. The van der Waals surface area contributed by atoms with E-state index in [0.717, 1.165) is 38.8 Å². The smallest absolute Gasteiger partial charge is 0.292 e. The molecule has 140 valence electrons. The second-order valence-corrected chi connectivity index (χ2v) is 7.92. The summed E-state index contributed by atoms with van der Waals surface area (Å²) in [5, 5.41) is 11.2. The molecule has 2 saturated heterocycles. The van der Waals surface area contributed by atoms with Gasteiger partial charge < -0.3 is 15.5 Å². The predicted molar refractivity (Wildman–Crippen MR) is 98.8 cm³/mol. The van der Waals surface area contributed by atoms with E-state index in [4.69, 9.17) is 5.73 Å². The lowest BCUT2D eigenvalue weighted by Crippen LogP contribution is -2.42. The van der Waals surface area contributed by atoms with Crippen LogP contribution in [0, 0.1) is 27.9 Å². The van der Waals surface area contributed by atoms with Gasteiger partial charge in [0.15, 0.2) is 0 Å². The lowest BCUT2D eigenvalue weighted by molar-refractivity contribution is -0.384. The standard InChI is InChI=1S/C19H26N4O3/c20-16-6-5-14-11-22(12-15(14)16)19(24)13-7-9-21(10-8-13)17-3-1-2-4-18(17)23(25)26/h1-4,13-16H,5-12,20H2. The van der Waals surface area contributed by atoms with Gasteiger partial charge in [0.2, 0.25) is 5.91 Å². The molecule has 1 aromatic carbocycles. The third kappa shape index (κ3) is 3.05. The first-order chi connectivity index (χ1) is 12.5. The van der Waals surface area contributed by atoms with E-state index in [9.17, 15) is 14.9 Å². The number of nitro benzene ring substituents is 1. The van der Waals surface area contributed by atoms with E-state index in [1.54, 1.807) is 18.2 Å². The van der Waals surface area contributed by atoms with Crippen LogP contribution in [0.2, 0.25) is 0 Å². The third-order valence-corrected chi connectivity index (χ3v) is 6.49. The van der Waals surface area contributed by atoms with Crippen LogP contribution in [0.3, 0.4) is 0 Å². The quantitative estimate of drug-likeness (QED) is 0.659. The number of amides is 1. The van der Waals surface area contributed by atoms with Crippen LogP contribution in [0.1, 0.15) is 25.7 Å². The number of fused-ring (bicyclic) bond motifs is 1. The van der Waals surface area contributed by atoms with Gasteiger partial charge in [-0.1, -0.05) is 12.1 Å². The zero-order valence-corrected chi connectivity index (χ0v) is 14.9. The molecule has 4 rings (SSSR count). The lowest BCUT2D eigenvalue weighted by atomic mass is 9.94. The number of piperidine rings is 1. The number of carbonyl (C=O) groups excluding carboxylic acids is 1.